The molecule has 0 aromatic heterocycles. The van der Waals surface area contributed by atoms with Gasteiger partial charge in [0.15, 0.2) is 0 Å². The number of nitrogens with one attached hydrogen (secondary N) is 1. The minimum absolute atomic E-state index is 0. The van der Waals surface area contributed by atoms with E-state index in [-0.39, 0.29) is 24.4 Å². The fourth-order valence-electron chi connectivity index (χ4n) is 2.56. The van der Waals surface area contributed by atoms with E-state index < -0.39 is 23.0 Å². The Labute approximate surface area is 126 Å². The molecule has 1 N–H and O–H groups in total. The summed E-state index contributed by atoms with van der Waals surface area (Å²) in [4.78, 5) is 0. The first-order chi connectivity index (χ1) is 9.36. The van der Waals surface area contributed by atoms with Crippen LogP contribution < -0.4 is 5.32 Å². The highest BCUT2D eigenvalue weighted by Crippen LogP contribution is 2.38. The van der Waals surface area contributed by atoms with E-state index in [0.29, 0.717) is 32.0 Å². The quantitative estimate of drug-likeness (QED) is 0.843. The van der Waals surface area contributed by atoms with Crippen molar-refractivity contribution in [3.05, 3.63) is 35.1 Å². The molecule has 1 aromatic rings. The van der Waals surface area contributed by atoms with Crippen molar-refractivity contribution in [2.75, 3.05) is 13.1 Å². The van der Waals surface area contributed by atoms with Crippen LogP contribution in [0.4, 0.5) is 17.6 Å². The molecule has 1 saturated heterocycles. The smallest absolute Gasteiger partial charge is 0.317 e. The van der Waals surface area contributed by atoms with Gasteiger partial charge in [0.1, 0.15) is 5.82 Å². The van der Waals surface area contributed by atoms with Crippen molar-refractivity contribution >= 4 is 12.4 Å². The molecule has 1 aliphatic rings. The second-order valence-corrected chi connectivity index (χ2v) is 5.12. The van der Waals surface area contributed by atoms with Crippen molar-refractivity contribution in [1.82, 2.24) is 5.32 Å². The minimum Gasteiger partial charge on any atom is -0.317 e. The predicted molar refractivity (Wildman–Crippen MR) is 72.5 cm³/mol. The summed E-state index contributed by atoms with van der Waals surface area (Å²) in [7, 11) is 0. The molecule has 1 aliphatic heterocycles. The molecule has 0 saturated carbocycles. The van der Waals surface area contributed by atoms with E-state index in [1.165, 1.54) is 0 Å². The second-order valence-electron chi connectivity index (χ2n) is 5.12. The van der Waals surface area contributed by atoms with Gasteiger partial charge in [-0.2, -0.15) is 18.4 Å². The van der Waals surface area contributed by atoms with Crippen molar-refractivity contribution < 1.29 is 17.6 Å². The van der Waals surface area contributed by atoms with Crippen LogP contribution in [0.3, 0.4) is 0 Å². The molecule has 1 heterocycles. The van der Waals surface area contributed by atoms with Gasteiger partial charge < -0.3 is 5.32 Å². The highest BCUT2D eigenvalue weighted by atomic mass is 35.5. The van der Waals surface area contributed by atoms with Crippen molar-refractivity contribution in [1.29, 1.82) is 5.26 Å². The molecule has 0 atom stereocenters. The van der Waals surface area contributed by atoms with Crippen LogP contribution in [0.2, 0.25) is 0 Å². The van der Waals surface area contributed by atoms with E-state index in [2.05, 4.69) is 11.4 Å². The number of halogens is 5. The predicted octanol–water partition coefficient (Wildman–Crippen LogP) is 3.70. The summed E-state index contributed by atoms with van der Waals surface area (Å²) < 4.78 is 51.9. The van der Waals surface area contributed by atoms with Crippen LogP contribution in [0.5, 0.6) is 0 Å². The molecule has 2 nitrogen and oxygen atoms in total. The van der Waals surface area contributed by atoms with Crippen LogP contribution in [0.25, 0.3) is 0 Å². The SMILES string of the molecule is Cl.N#CC1(Cc2ccc(F)cc2C(F)(F)F)CCNCC1. The number of hydrogen-bond acceptors (Lipinski definition) is 2. The molecule has 7 heteroatoms. The number of rotatable bonds is 2. The maximum Gasteiger partial charge on any atom is 0.416 e. The molecule has 0 unspecified atom stereocenters. The maximum atomic E-state index is 13.1. The van der Waals surface area contributed by atoms with E-state index >= 15 is 0 Å². The molecule has 0 amide bonds. The maximum absolute atomic E-state index is 13.1. The lowest BCUT2D eigenvalue weighted by Crippen LogP contribution is -2.37. The molecular formula is C14H15ClF4N2. The molecule has 116 valence electrons. The standard InChI is InChI=1S/C14H14F4N2.ClH/c15-11-2-1-10(12(7-11)14(16,17)18)8-13(9-19)3-5-20-6-4-13;/h1-2,7,20H,3-6,8H2;1H. The van der Waals surface area contributed by atoms with Gasteiger partial charge in [-0.3, -0.25) is 0 Å². The Morgan fingerprint density at radius 3 is 2.38 bits per heavy atom. The van der Waals surface area contributed by atoms with Crippen molar-refractivity contribution in [2.45, 2.75) is 25.4 Å². The number of hydrogen-bond donors (Lipinski definition) is 1. The highest BCUT2D eigenvalue weighted by Gasteiger charge is 2.38. The van der Waals surface area contributed by atoms with E-state index in [4.69, 9.17) is 0 Å². The van der Waals surface area contributed by atoms with Gasteiger partial charge in [0.25, 0.3) is 0 Å². The Hall–Kier alpha value is -1.32. The van der Waals surface area contributed by atoms with Crippen LogP contribution >= 0.6 is 12.4 Å². The van der Waals surface area contributed by atoms with E-state index in [1.54, 1.807) is 0 Å². The lowest BCUT2D eigenvalue weighted by Gasteiger charge is -2.32. The Kier molecular flexibility index (Phi) is 5.60. The molecule has 0 aliphatic carbocycles. The summed E-state index contributed by atoms with van der Waals surface area (Å²) in [5, 5.41) is 12.4. The largest absolute Gasteiger partial charge is 0.416 e. The summed E-state index contributed by atoms with van der Waals surface area (Å²) in [5.41, 5.74) is -1.80. The van der Waals surface area contributed by atoms with Crippen molar-refractivity contribution in [3.8, 4) is 6.07 Å². The second kappa shape index (κ2) is 6.63. The van der Waals surface area contributed by atoms with Gasteiger partial charge in [-0.05, 0) is 50.0 Å². The highest BCUT2D eigenvalue weighted by molar-refractivity contribution is 5.85. The van der Waals surface area contributed by atoms with Gasteiger partial charge >= 0.3 is 6.18 Å². The van der Waals surface area contributed by atoms with Gasteiger partial charge in [-0.25, -0.2) is 4.39 Å². The summed E-state index contributed by atoms with van der Waals surface area (Å²) >= 11 is 0. The molecular weight excluding hydrogens is 308 g/mol. The average molecular weight is 323 g/mol. The Bertz CT molecular complexity index is 531. The third-order valence-corrected chi connectivity index (χ3v) is 3.70. The van der Waals surface area contributed by atoms with E-state index in [0.717, 1.165) is 12.1 Å². The monoisotopic (exact) mass is 322 g/mol. The fourth-order valence-corrected chi connectivity index (χ4v) is 2.56. The van der Waals surface area contributed by atoms with E-state index in [1.807, 2.05) is 0 Å². The number of piperidine rings is 1. The number of benzene rings is 1. The summed E-state index contributed by atoms with van der Waals surface area (Å²) in [6.45, 7) is 1.21. The zero-order valence-corrected chi connectivity index (χ0v) is 12.0. The van der Waals surface area contributed by atoms with Crippen LogP contribution in [-0.2, 0) is 12.6 Å². The number of alkyl halides is 3. The summed E-state index contributed by atoms with van der Waals surface area (Å²) in [6, 6.07) is 4.81. The van der Waals surface area contributed by atoms with Crippen molar-refractivity contribution in [2.24, 2.45) is 5.41 Å². The van der Waals surface area contributed by atoms with Gasteiger partial charge in [-0.15, -0.1) is 12.4 Å². The molecule has 0 radical (unpaired) electrons. The van der Waals surface area contributed by atoms with Gasteiger partial charge in [-0.1, -0.05) is 6.07 Å². The first-order valence-electron chi connectivity index (χ1n) is 6.34. The Morgan fingerprint density at radius 2 is 1.86 bits per heavy atom. The zero-order valence-electron chi connectivity index (χ0n) is 11.1. The zero-order chi connectivity index (χ0) is 14.8. The topological polar surface area (TPSA) is 35.8 Å². The molecule has 2 rings (SSSR count). The Morgan fingerprint density at radius 1 is 1.24 bits per heavy atom. The Balaban J connectivity index is 0.00000220. The molecule has 0 spiro atoms. The van der Waals surface area contributed by atoms with Crippen LogP contribution in [0.15, 0.2) is 18.2 Å². The van der Waals surface area contributed by atoms with Gasteiger partial charge in [0, 0.05) is 0 Å². The first-order valence-corrected chi connectivity index (χ1v) is 6.34. The average Bonchev–Trinajstić information content (AvgIpc) is 2.41. The molecule has 1 aromatic carbocycles. The van der Waals surface area contributed by atoms with Gasteiger partial charge in [0.2, 0.25) is 0 Å². The molecule has 21 heavy (non-hydrogen) atoms. The summed E-state index contributed by atoms with van der Waals surface area (Å²) in [6.07, 6.45) is -3.61. The number of nitriles is 1. The molecule has 0 bridgehead atoms. The third kappa shape index (κ3) is 4.08. The van der Waals surface area contributed by atoms with Crippen LogP contribution in [0.1, 0.15) is 24.0 Å². The van der Waals surface area contributed by atoms with Crippen LogP contribution in [-0.4, -0.2) is 13.1 Å². The lowest BCUT2D eigenvalue weighted by molar-refractivity contribution is -0.138. The van der Waals surface area contributed by atoms with Crippen molar-refractivity contribution in [3.63, 3.8) is 0 Å². The van der Waals surface area contributed by atoms with Gasteiger partial charge in [0.05, 0.1) is 17.0 Å². The lowest BCUT2D eigenvalue weighted by atomic mass is 9.75. The first kappa shape index (κ1) is 17.7. The summed E-state index contributed by atoms with van der Waals surface area (Å²) in [5.74, 6) is -0.919. The normalized spacial score (nSPS) is 17.7. The van der Waals surface area contributed by atoms with Crippen LogP contribution in [0, 0.1) is 22.6 Å². The third-order valence-electron chi connectivity index (χ3n) is 3.70. The minimum atomic E-state index is -4.61. The number of nitrogens with zero attached hydrogens (tertiary/aromatic N) is 1. The molecule has 1 fully saturated rings. The van der Waals surface area contributed by atoms with E-state index in [9.17, 15) is 22.8 Å². The fraction of sp³-hybridized carbons (Fsp3) is 0.500.